The van der Waals surface area contributed by atoms with Crippen molar-refractivity contribution in [1.82, 2.24) is 9.47 Å². The second kappa shape index (κ2) is 10.9. The van der Waals surface area contributed by atoms with Crippen LogP contribution in [0.25, 0.3) is 77.6 Å². The molecule has 2 heteroatoms. The number of aryl methyl sites for hydroxylation is 1. The molecule has 0 atom stereocenters. The molecule has 1 aliphatic rings. The van der Waals surface area contributed by atoms with Crippen molar-refractivity contribution in [1.29, 1.82) is 0 Å². The highest BCUT2D eigenvalue weighted by Gasteiger charge is 2.22. The Kier molecular flexibility index (Phi) is 6.36. The molecule has 2 nitrogen and oxygen atoms in total. The van der Waals surface area contributed by atoms with Crippen LogP contribution < -0.4 is 0 Å². The molecule has 224 valence electrons. The molecule has 0 unspecified atom stereocenters. The lowest BCUT2D eigenvalue weighted by molar-refractivity contribution is 0.449. The van der Waals surface area contributed by atoms with Gasteiger partial charge in [0.25, 0.3) is 0 Å². The minimum absolute atomic E-state index is 0.882. The summed E-state index contributed by atoms with van der Waals surface area (Å²) in [4.78, 5) is 2.27. The Balaban J connectivity index is 1.32. The molecule has 0 fully saturated rings. The summed E-state index contributed by atoms with van der Waals surface area (Å²) >= 11 is 0. The van der Waals surface area contributed by atoms with E-state index in [1.807, 2.05) is 0 Å². The average Bonchev–Trinajstić information content (AvgIpc) is 3.44. The summed E-state index contributed by atoms with van der Waals surface area (Å²) < 4.78 is 2.43. The first-order valence-electron chi connectivity index (χ1n) is 16.4. The van der Waals surface area contributed by atoms with Crippen molar-refractivity contribution < 1.29 is 0 Å². The molecule has 0 saturated carbocycles. The predicted octanol–water partition coefficient (Wildman–Crippen LogP) is 11.7. The highest BCUT2D eigenvalue weighted by atomic mass is 15.1. The maximum atomic E-state index is 2.43. The van der Waals surface area contributed by atoms with Crippen molar-refractivity contribution in [2.24, 2.45) is 0 Å². The zero-order valence-corrected chi connectivity index (χ0v) is 26.6. The van der Waals surface area contributed by atoms with Crippen LogP contribution in [0.1, 0.15) is 16.8 Å². The van der Waals surface area contributed by atoms with Gasteiger partial charge < -0.3 is 9.47 Å². The van der Waals surface area contributed by atoms with Crippen LogP contribution in [0.4, 0.5) is 0 Å². The Morgan fingerprint density at radius 3 is 1.77 bits per heavy atom. The van der Waals surface area contributed by atoms with Crippen LogP contribution in [-0.2, 0) is 6.54 Å². The maximum absolute atomic E-state index is 2.43. The monoisotopic (exact) mass is 602 g/mol. The van der Waals surface area contributed by atoms with Crippen LogP contribution in [0, 0.1) is 6.92 Å². The Morgan fingerprint density at radius 2 is 1.09 bits per heavy atom. The normalized spacial score (nSPS) is 12.7. The third-order valence-electron chi connectivity index (χ3n) is 9.75. The number of benzene rings is 7. The van der Waals surface area contributed by atoms with Crippen LogP contribution in [0.15, 0.2) is 152 Å². The van der Waals surface area contributed by atoms with E-state index < -0.39 is 0 Å². The summed E-state index contributed by atoms with van der Waals surface area (Å²) in [5.41, 5.74) is 13.9. The second-order valence-corrected chi connectivity index (χ2v) is 12.8. The fourth-order valence-corrected chi connectivity index (χ4v) is 7.63. The molecule has 47 heavy (non-hydrogen) atoms. The fraction of sp³-hybridized carbons (Fsp3) is 0.0667. The summed E-state index contributed by atoms with van der Waals surface area (Å²) in [5, 5.41) is 6.40. The number of hydrogen-bond acceptors (Lipinski definition) is 1. The van der Waals surface area contributed by atoms with Gasteiger partial charge in [-0.15, -0.1) is 0 Å². The first kappa shape index (κ1) is 27.5. The van der Waals surface area contributed by atoms with Crippen molar-refractivity contribution >= 4 is 38.5 Å². The van der Waals surface area contributed by atoms with Gasteiger partial charge in [0.05, 0.1) is 11.2 Å². The van der Waals surface area contributed by atoms with Crippen molar-refractivity contribution in [2.45, 2.75) is 13.5 Å². The summed E-state index contributed by atoms with van der Waals surface area (Å²) in [7, 11) is 2.15. The van der Waals surface area contributed by atoms with E-state index in [9.17, 15) is 0 Å². The Bertz CT molecular complexity index is 2500. The zero-order chi connectivity index (χ0) is 31.5. The van der Waals surface area contributed by atoms with Gasteiger partial charge in [-0.05, 0) is 104 Å². The average molecular weight is 603 g/mol. The smallest absolute Gasteiger partial charge is 0.0538 e. The van der Waals surface area contributed by atoms with Crippen LogP contribution in [-0.4, -0.2) is 16.5 Å². The summed E-state index contributed by atoms with van der Waals surface area (Å²) in [5.74, 6) is 0. The third-order valence-corrected chi connectivity index (χ3v) is 9.75. The molecule has 0 spiro atoms. The molecule has 0 radical (unpaired) electrons. The zero-order valence-electron chi connectivity index (χ0n) is 26.6. The van der Waals surface area contributed by atoms with Crippen molar-refractivity contribution in [3.8, 4) is 39.1 Å². The SMILES string of the molecule is Cc1cccc(-n2c3c(c4cc(-c5ccc6c(-c7ccccc7)c7ccccc7c(-c7ccccc7)c6c5)ccc42)CN(C)C=C3)c1. The number of fused-ring (bicyclic) bond motifs is 5. The molecule has 0 aliphatic carbocycles. The van der Waals surface area contributed by atoms with Gasteiger partial charge in [-0.1, -0.05) is 115 Å². The summed E-state index contributed by atoms with van der Waals surface area (Å²) in [6, 6.07) is 53.5. The molecule has 0 bridgehead atoms. The van der Waals surface area contributed by atoms with Crippen LogP contribution in [0.3, 0.4) is 0 Å². The molecule has 0 amide bonds. The second-order valence-electron chi connectivity index (χ2n) is 12.8. The Labute approximate surface area is 275 Å². The number of aromatic nitrogens is 1. The molecule has 8 aromatic rings. The third kappa shape index (κ3) is 4.48. The first-order valence-corrected chi connectivity index (χ1v) is 16.4. The van der Waals surface area contributed by atoms with Gasteiger partial charge in [0, 0.05) is 36.4 Å². The molecule has 2 heterocycles. The lowest BCUT2D eigenvalue weighted by atomic mass is 9.85. The van der Waals surface area contributed by atoms with Gasteiger partial charge in [-0.3, -0.25) is 0 Å². The highest BCUT2D eigenvalue weighted by molar-refractivity contribution is 6.22. The van der Waals surface area contributed by atoms with E-state index in [4.69, 9.17) is 0 Å². The van der Waals surface area contributed by atoms with Crippen LogP contribution in [0.2, 0.25) is 0 Å². The topological polar surface area (TPSA) is 8.17 Å². The van der Waals surface area contributed by atoms with Crippen molar-refractivity contribution in [2.75, 3.05) is 7.05 Å². The lowest BCUT2D eigenvalue weighted by Gasteiger charge is -2.20. The lowest BCUT2D eigenvalue weighted by Crippen LogP contribution is -2.14. The van der Waals surface area contributed by atoms with Gasteiger partial charge in [0.2, 0.25) is 0 Å². The standard InChI is InChI=1S/C45H34N2/c1-30-12-11-17-35(26-30)47-42-23-21-34(27-39(42)41-29-46(2)25-24-43(41)47)33-20-22-38-40(28-33)45(32-15-7-4-8-16-32)37-19-10-9-18-36(37)44(38)31-13-5-3-6-14-31/h3-28H,29H2,1-2H3. The predicted molar refractivity (Wildman–Crippen MR) is 200 cm³/mol. The van der Waals surface area contributed by atoms with E-state index >= 15 is 0 Å². The van der Waals surface area contributed by atoms with E-state index in [1.54, 1.807) is 0 Å². The van der Waals surface area contributed by atoms with E-state index in [2.05, 4.69) is 181 Å². The fourth-order valence-electron chi connectivity index (χ4n) is 7.63. The molecule has 7 aromatic carbocycles. The summed E-state index contributed by atoms with van der Waals surface area (Å²) in [6.45, 7) is 3.05. The van der Waals surface area contributed by atoms with Crippen molar-refractivity contribution in [3.63, 3.8) is 0 Å². The van der Waals surface area contributed by atoms with Gasteiger partial charge in [0.1, 0.15) is 0 Å². The molecule has 0 saturated heterocycles. The van der Waals surface area contributed by atoms with Gasteiger partial charge in [0.15, 0.2) is 0 Å². The van der Waals surface area contributed by atoms with E-state index in [0.29, 0.717) is 0 Å². The maximum Gasteiger partial charge on any atom is 0.0538 e. The molecule has 0 N–H and O–H groups in total. The Morgan fingerprint density at radius 1 is 0.489 bits per heavy atom. The number of rotatable bonds is 4. The molecule has 9 rings (SSSR count). The van der Waals surface area contributed by atoms with E-state index in [0.717, 1.165) is 6.54 Å². The van der Waals surface area contributed by atoms with E-state index in [-0.39, 0.29) is 0 Å². The molecular weight excluding hydrogens is 569 g/mol. The Hall–Kier alpha value is -5.86. The van der Waals surface area contributed by atoms with Crippen LogP contribution >= 0.6 is 0 Å². The van der Waals surface area contributed by atoms with Gasteiger partial charge in [-0.25, -0.2) is 0 Å². The molecule has 1 aromatic heterocycles. The van der Waals surface area contributed by atoms with Crippen molar-refractivity contribution in [3.05, 3.63) is 169 Å². The first-order chi connectivity index (χ1) is 23.1. The highest BCUT2D eigenvalue weighted by Crippen LogP contribution is 2.45. The quantitative estimate of drug-likeness (QED) is 0.182. The minimum Gasteiger partial charge on any atom is -0.376 e. The van der Waals surface area contributed by atoms with E-state index in [1.165, 1.54) is 88.3 Å². The summed E-state index contributed by atoms with van der Waals surface area (Å²) in [6.07, 6.45) is 4.46. The number of nitrogens with zero attached hydrogens (tertiary/aromatic N) is 2. The van der Waals surface area contributed by atoms with Gasteiger partial charge in [-0.2, -0.15) is 0 Å². The minimum atomic E-state index is 0.882. The largest absolute Gasteiger partial charge is 0.376 e. The molecular formula is C45H34N2. The van der Waals surface area contributed by atoms with Crippen LogP contribution in [0.5, 0.6) is 0 Å². The molecule has 1 aliphatic heterocycles. The van der Waals surface area contributed by atoms with Gasteiger partial charge >= 0.3 is 0 Å². The number of hydrogen-bond donors (Lipinski definition) is 0.